The van der Waals surface area contributed by atoms with E-state index in [9.17, 15) is 14.7 Å². The van der Waals surface area contributed by atoms with E-state index in [1.54, 1.807) is 11.0 Å². The number of hydrogen-bond acceptors (Lipinski definition) is 4. The van der Waals surface area contributed by atoms with Crippen LogP contribution >= 0.6 is 0 Å². The van der Waals surface area contributed by atoms with Gasteiger partial charge in [-0.25, -0.2) is 0 Å². The van der Waals surface area contributed by atoms with E-state index in [-0.39, 0.29) is 11.9 Å². The van der Waals surface area contributed by atoms with Crippen LogP contribution in [0.25, 0.3) is 0 Å². The van der Waals surface area contributed by atoms with Crippen molar-refractivity contribution in [2.24, 2.45) is 11.8 Å². The maximum Gasteiger partial charge on any atom is 0.234 e. The van der Waals surface area contributed by atoms with Gasteiger partial charge in [0, 0.05) is 17.6 Å². The Morgan fingerprint density at radius 2 is 2.12 bits per heavy atom. The predicted molar refractivity (Wildman–Crippen MR) is 90.6 cm³/mol. The molecule has 1 aromatic carbocycles. The van der Waals surface area contributed by atoms with Crippen molar-refractivity contribution in [2.75, 3.05) is 4.90 Å². The van der Waals surface area contributed by atoms with Crippen LogP contribution in [0, 0.1) is 18.8 Å². The number of carboxylic acid groups (broad SMARTS) is 1. The molecule has 0 aliphatic carbocycles. The summed E-state index contributed by atoms with van der Waals surface area (Å²) in [7, 11) is 0. The Hall–Kier alpha value is -2.40. The summed E-state index contributed by atoms with van der Waals surface area (Å²) in [4.78, 5) is 26.7. The lowest BCUT2D eigenvalue weighted by Crippen LogP contribution is -2.46. The van der Waals surface area contributed by atoms with Crippen molar-refractivity contribution in [3.8, 4) is 0 Å². The minimum atomic E-state index is -1.23. The molecule has 130 valence electrons. The molecule has 1 aromatic rings. The molecule has 5 atom stereocenters. The van der Waals surface area contributed by atoms with Crippen molar-refractivity contribution < 1.29 is 19.4 Å². The molecule has 0 saturated carbocycles. The van der Waals surface area contributed by atoms with Gasteiger partial charge in [0.05, 0.1) is 18.1 Å². The largest absolute Gasteiger partial charge is 0.550 e. The second kappa shape index (κ2) is 5.30. The fourth-order valence-electron chi connectivity index (χ4n) is 4.62. The molecule has 3 heterocycles. The second-order valence-electron chi connectivity index (χ2n) is 7.29. The lowest BCUT2D eigenvalue weighted by Gasteiger charge is -2.34. The van der Waals surface area contributed by atoms with Crippen molar-refractivity contribution in [3.05, 3.63) is 54.1 Å². The molecule has 0 aromatic heterocycles. The monoisotopic (exact) mass is 338 g/mol. The smallest absolute Gasteiger partial charge is 0.234 e. The Labute approximate surface area is 146 Å². The number of carboxylic acids is 1. The Kier molecular flexibility index (Phi) is 3.41. The number of para-hydroxylation sites is 1. The summed E-state index contributed by atoms with van der Waals surface area (Å²) in [5.41, 5.74) is 1.75. The zero-order chi connectivity index (χ0) is 17.9. The van der Waals surface area contributed by atoms with E-state index in [4.69, 9.17) is 4.74 Å². The molecule has 4 rings (SSSR count). The molecule has 3 aliphatic heterocycles. The van der Waals surface area contributed by atoms with Crippen molar-refractivity contribution in [1.82, 2.24) is 0 Å². The summed E-state index contributed by atoms with van der Waals surface area (Å²) < 4.78 is 6.10. The third-order valence-electron chi connectivity index (χ3n) is 5.61. The van der Waals surface area contributed by atoms with E-state index < -0.39 is 29.5 Å². The number of hydrogen-bond donors (Lipinski definition) is 0. The number of nitrogens with zero attached hydrogens (tertiary/aromatic N) is 1. The van der Waals surface area contributed by atoms with Crippen LogP contribution in [0.2, 0.25) is 0 Å². The molecule has 2 bridgehead atoms. The van der Waals surface area contributed by atoms with Gasteiger partial charge in [0.15, 0.2) is 0 Å². The summed E-state index contributed by atoms with van der Waals surface area (Å²) in [5.74, 6) is -3.13. The number of amides is 1. The van der Waals surface area contributed by atoms with Gasteiger partial charge >= 0.3 is 0 Å². The molecule has 0 N–H and O–H groups in total. The van der Waals surface area contributed by atoms with Gasteiger partial charge in [-0.05, 0) is 31.9 Å². The van der Waals surface area contributed by atoms with Crippen molar-refractivity contribution >= 4 is 17.6 Å². The summed E-state index contributed by atoms with van der Waals surface area (Å²) >= 11 is 0. The molecule has 1 spiro atoms. The molecule has 3 aliphatic rings. The second-order valence-corrected chi connectivity index (χ2v) is 7.29. The Bertz CT molecular complexity index is 814. The Balaban J connectivity index is 1.87. The van der Waals surface area contributed by atoms with Gasteiger partial charge in [0.1, 0.15) is 5.60 Å². The molecule has 0 radical (unpaired) electrons. The highest BCUT2D eigenvalue weighted by molar-refractivity contribution is 6.03. The van der Waals surface area contributed by atoms with Gasteiger partial charge in [0.2, 0.25) is 5.91 Å². The molecule has 25 heavy (non-hydrogen) atoms. The highest BCUT2D eigenvalue weighted by atomic mass is 16.5. The van der Waals surface area contributed by atoms with Crippen LogP contribution in [0.15, 0.2) is 48.6 Å². The van der Waals surface area contributed by atoms with Gasteiger partial charge in [-0.15, -0.1) is 6.58 Å². The first kappa shape index (κ1) is 16.1. The first-order valence-electron chi connectivity index (χ1n) is 8.48. The van der Waals surface area contributed by atoms with E-state index >= 15 is 0 Å². The van der Waals surface area contributed by atoms with Gasteiger partial charge < -0.3 is 19.5 Å². The van der Waals surface area contributed by atoms with Gasteiger partial charge in [-0.2, -0.15) is 0 Å². The molecule has 1 amide bonds. The Morgan fingerprint density at radius 1 is 1.40 bits per heavy atom. The fourth-order valence-corrected chi connectivity index (χ4v) is 4.62. The molecular weight excluding hydrogens is 318 g/mol. The topological polar surface area (TPSA) is 69.7 Å². The number of ether oxygens (including phenoxy) is 1. The lowest BCUT2D eigenvalue weighted by molar-refractivity contribution is -0.313. The zero-order valence-corrected chi connectivity index (χ0v) is 14.3. The molecule has 2 saturated heterocycles. The highest BCUT2D eigenvalue weighted by Crippen LogP contribution is 2.56. The van der Waals surface area contributed by atoms with Crippen LogP contribution < -0.4 is 10.0 Å². The van der Waals surface area contributed by atoms with E-state index in [0.717, 1.165) is 16.8 Å². The molecule has 0 unspecified atom stereocenters. The van der Waals surface area contributed by atoms with Crippen LogP contribution in [0.4, 0.5) is 5.69 Å². The number of carbonyl (C=O) groups is 2. The first-order chi connectivity index (χ1) is 11.9. The average Bonchev–Trinajstić information content (AvgIpc) is 3.18. The van der Waals surface area contributed by atoms with Crippen LogP contribution in [-0.2, 0) is 14.3 Å². The fraction of sp³-hybridized carbons (Fsp3) is 0.400. The molecule has 2 fully saturated rings. The molecule has 5 heteroatoms. The third kappa shape index (κ3) is 2.05. The van der Waals surface area contributed by atoms with E-state index in [1.165, 1.54) is 0 Å². The van der Waals surface area contributed by atoms with Gasteiger partial charge in [-0.1, -0.05) is 35.9 Å². The first-order valence-corrected chi connectivity index (χ1v) is 8.48. The summed E-state index contributed by atoms with van der Waals surface area (Å²) in [5, 5.41) is 11.7. The molecule has 5 nitrogen and oxygen atoms in total. The number of fused-ring (bicyclic) bond motifs is 1. The number of benzene rings is 1. The number of anilines is 1. The van der Waals surface area contributed by atoms with Gasteiger partial charge in [-0.3, -0.25) is 4.79 Å². The summed E-state index contributed by atoms with van der Waals surface area (Å²) in [6, 6.07) is 7.31. The van der Waals surface area contributed by atoms with Crippen molar-refractivity contribution in [3.63, 3.8) is 0 Å². The maximum absolute atomic E-state index is 13.3. The number of aryl methyl sites for hydroxylation is 1. The number of carbonyl (C=O) groups excluding carboxylic acids is 2. The number of rotatable bonds is 4. The minimum Gasteiger partial charge on any atom is -0.550 e. The van der Waals surface area contributed by atoms with Crippen LogP contribution in [-0.4, -0.2) is 29.6 Å². The average molecular weight is 338 g/mol. The summed E-state index contributed by atoms with van der Waals surface area (Å²) in [6.45, 7) is 7.84. The predicted octanol–water partition coefficient (Wildman–Crippen LogP) is 1.37. The highest BCUT2D eigenvalue weighted by Gasteiger charge is 2.69. The standard InChI is InChI=1S/C20H21NO4/c1-11(2)10-15-20-9-8-14(25-20)16(19(23)24)17(20)18(22)21(15)13-7-5-4-6-12(13)3/h4-9,14-17H,1,10H2,2-3H3,(H,23,24)/p-1/t14-,15-,16+,17+,20-/m1/s1. The van der Waals surface area contributed by atoms with Gasteiger partial charge in [0.25, 0.3) is 0 Å². The van der Waals surface area contributed by atoms with E-state index in [2.05, 4.69) is 6.58 Å². The molecular formula is C20H20NO4-. The Morgan fingerprint density at radius 3 is 2.76 bits per heavy atom. The summed E-state index contributed by atoms with van der Waals surface area (Å²) in [6.07, 6.45) is 3.60. The van der Waals surface area contributed by atoms with Crippen LogP contribution in [0.1, 0.15) is 18.9 Å². The van der Waals surface area contributed by atoms with Crippen LogP contribution in [0.5, 0.6) is 0 Å². The SMILES string of the molecule is C=C(C)C[C@H]1N(c2ccccc2C)C(=O)[C@@H]2[C@@H](C(=O)[O-])[C@H]3C=C[C@]21O3. The lowest BCUT2D eigenvalue weighted by atomic mass is 9.74. The van der Waals surface area contributed by atoms with Crippen molar-refractivity contribution in [1.29, 1.82) is 0 Å². The van der Waals surface area contributed by atoms with E-state index in [1.807, 2.05) is 44.2 Å². The van der Waals surface area contributed by atoms with E-state index in [0.29, 0.717) is 6.42 Å². The third-order valence-corrected chi connectivity index (χ3v) is 5.61. The minimum absolute atomic E-state index is 0.207. The maximum atomic E-state index is 13.3. The normalized spacial score (nSPS) is 35.3. The van der Waals surface area contributed by atoms with Crippen molar-refractivity contribution in [2.45, 2.75) is 38.0 Å². The quantitative estimate of drug-likeness (QED) is 0.778. The zero-order valence-electron chi connectivity index (χ0n) is 14.3. The number of aliphatic carboxylic acids is 1. The van der Waals surface area contributed by atoms with Crippen LogP contribution in [0.3, 0.4) is 0 Å².